The Morgan fingerprint density at radius 1 is 1.05 bits per heavy atom. The molecule has 3 nitrogen and oxygen atoms in total. The molecule has 3 heterocycles. The molecule has 0 atom stereocenters. The molecule has 0 unspecified atom stereocenters. The van der Waals surface area contributed by atoms with Gasteiger partial charge in [0.2, 0.25) is 0 Å². The molecule has 0 aliphatic rings. The largest absolute Gasteiger partial charge is 0.350 e. The molecule has 1 aromatic carbocycles. The lowest BCUT2D eigenvalue weighted by Gasteiger charge is -1.97. The maximum absolute atomic E-state index is 6.09. The summed E-state index contributed by atoms with van der Waals surface area (Å²) in [6, 6.07) is 14.0. The van der Waals surface area contributed by atoms with Gasteiger partial charge in [0.25, 0.3) is 0 Å². The Labute approximate surface area is 126 Å². The highest BCUT2D eigenvalue weighted by atomic mass is 35.5. The zero-order valence-electron chi connectivity index (χ0n) is 11.3. The number of benzene rings is 1. The number of rotatable bonds is 2. The van der Waals surface area contributed by atoms with Crippen molar-refractivity contribution < 1.29 is 4.57 Å². The fourth-order valence-electron chi connectivity index (χ4n) is 2.64. The van der Waals surface area contributed by atoms with Gasteiger partial charge in [0.1, 0.15) is 11.2 Å². The third-order valence-electron chi connectivity index (χ3n) is 3.63. The molecular formula is C17H13ClN3+. The molecule has 4 rings (SSSR count). The Balaban J connectivity index is 1.81. The monoisotopic (exact) mass is 294 g/mol. The molecule has 0 radical (unpaired) electrons. The van der Waals surface area contributed by atoms with Gasteiger partial charge in [-0.1, -0.05) is 17.7 Å². The first kappa shape index (κ1) is 12.4. The van der Waals surface area contributed by atoms with E-state index in [9.17, 15) is 0 Å². The third-order valence-corrected chi connectivity index (χ3v) is 3.86. The molecule has 0 bridgehead atoms. The van der Waals surface area contributed by atoms with Crippen LogP contribution >= 0.6 is 11.6 Å². The van der Waals surface area contributed by atoms with Gasteiger partial charge in [0.15, 0.2) is 18.9 Å². The first-order valence-corrected chi connectivity index (χ1v) is 7.17. The van der Waals surface area contributed by atoms with Gasteiger partial charge in [-0.25, -0.2) is 0 Å². The summed E-state index contributed by atoms with van der Waals surface area (Å²) in [5.74, 6) is 0. The van der Waals surface area contributed by atoms with Crippen molar-refractivity contribution in [2.75, 3.05) is 0 Å². The molecule has 0 saturated carbocycles. The van der Waals surface area contributed by atoms with Crippen molar-refractivity contribution >= 4 is 33.4 Å². The van der Waals surface area contributed by atoms with Gasteiger partial charge in [-0.05, 0) is 30.3 Å². The first-order valence-electron chi connectivity index (χ1n) is 6.79. The maximum atomic E-state index is 6.09. The van der Waals surface area contributed by atoms with E-state index in [1.807, 2.05) is 42.6 Å². The van der Waals surface area contributed by atoms with Crippen LogP contribution in [0, 0.1) is 0 Å². The molecule has 0 aliphatic heterocycles. The lowest BCUT2D eigenvalue weighted by atomic mass is 10.2. The lowest BCUT2D eigenvalue weighted by Crippen LogP contribution is -2.33. The molecule has 0 fully saturated rings. The summed E-state index contributed by atoms with van der Waals surface area (Å²) in [6.07, 6.45) is 6.00. The molecular weight excluding hydrogens is 282 g/mol. The standard InChI is InChI=1S/C17H12ClN3/c18-12-4-5-16-15(9-12)14-6-8-21(11-17(14)20-16)10-13-3-1-2-7-19-13/h1-9,11H,10H2/p+1. The van der Waals surface area contributed by atoms with Crippen molar-refractivity contribution in [3.63, 3.8) is 0 Å². The third kappa shape index (κ3) is 2.26. The van der Waals surface area contributed by atoms with Crippen molar-refractivity contribution in [2.24, 2.45) is 0 Å². The zero-order valence-corrected chi connectivity index (χ0v) is 12.0. The Morgan fingerprint density at radius 3 is 2.86 bits per heavy atom. The highest BCUT2D eigenvalue weighted by molar-refractivity contribution is 6.31. The normalized spacial score (nSPS) is 11.3. The molecule has 0 saturated heterocycles. The van der Waals surface area contributed by atoms with Crippen molar-refractivity contribution in [1.82, 2.24) is 9.97 Å². The van der Waals surface area contributed by atoms with E-state index in [-0.39, 0.29) is 0 Å². The second kappa shape index (κ2) is 4.86. The van der Waals surface area contributed by atoms with Gasteiger partial charge in [0.05, 0.1) is 0 Å². The number of nitrogens with one attached hydrogen (secondary N) is 1. The minimum Gasteiger partial charge on any atom is -0.350 e. The van der Waals surface area contributed by atoms with Crippen molar-refractivity contribution in [2.45, 2.75) is 6.54 Å². The molecule has 102 valence electrons. The van der Waals surface area contributed by atoms with Crippen LogP contribution in [0.2, 0.25) is 5.02 Å². The number of halogens is 1. The number of hydrogen-bond acceptors (Lipinski definition) is 1. The predicted octanol–water partition coefficient (Wildman–Crippen LogP) is 3.71. The fraction of sp³-hybridized carbons (Fsp3) is 0.0588. The number of H-pyrrole nitrogens is 1. The van der Waals surface area contributed by atoms with Gasteiger partial charge >= 0.3 is 0 Å². The van der Waals surface area contributed by atoms with E-state index in [0.29, 0.717) is 0 Å². The minimum atomic E-state index is 0.757. The molecule has 0 spiro atoms. The number of aromatic amines is 1. The average molecular weight is 295 g/mol. The molecule has 0 amide bonds. The van der Waals surface area contributed by atoms with Crippen LogP contribution in [-0.2, 0) is 6.54 Å². The van der Waals surface area contributed by atoms with Crippen LogP contribution in [0.4, 0.5) is 0 Å². The summed E-state index contributed by atoms with van der Waals surface area (Å²) >= 11 is 6.09. The predicted molar refractivity (Wildman–Crippen MR) is 84.3 cm³/mol. The molecule has 4 heteroatoms. The van der Waals surface area contributed by atoms with Gasteiger partial charge < -0.3 is 4.98 Å². The van der Waals surface area contributed by atoms with Gasteiger partial charge in [-0.2, -0.15) is 4.57 Å². The van der Waals surface area contributed by atoms with Crippen LogP contribution in [0.5, 0.6) is 0 Å². The molecule has 1 N–H and O–H groups in total. The second-order valence-electron chi connectivity index (χ2n) is 5.08. The fourth-order valence-corrected chi connectivity index (χ4v) is 2.82. The summed E-state index contributed by atoms with van der Waals surface area (Å²) in [5, 5.41) is 3.10. The summed E-state index contributed by atoms with van der Waals surface area (Å²) in [6.45, 7) is 0.757. The van der Waals surface area contributed by atoms with E-state index in [1.54, 1.807) is 0 Å². The minimum absolute atomic E-state index is 0.757. The number of hydrogen-bond donors (Lipinski definition) is 1. The second-order valence-corrected chi connectivity index (χ2v) is 5.52. The number of aromatic nitrogens is 3. The van der Waals surface area contributed by atoms with E-state index in [0.717, 1.165) is 33.7 Å². The maximum Gasteiger partial charge on any atom is 0.193 e. The smallest absolute Gasteiger partial charge is 0.193 e. The van der Waals surface area contributed by atoms with E-state index in [1.165, 1.54) is 5.39 Å². The first-order chi connectivity index (χ1) is 10.3. The Hall–Kier alpha value is -2.39. The Kier molecular flexibility index (Phi) is 2.86. The van der Waals surface area contributed by atoms with E-state index < -0.39 is 0 Å². The van der Waals surface area contributed by atoms with Crippen LogP contribution in [0.1, 0.15) is 5.69 Å². The van der Waals surface area contributed by atoms with E-state index in [2.05, 4.69) is 33.0 Å². The quantitative estimate of drug-likeness (QED) is 0.562. The van der Waals surface area contributed by atoms with Crippen molar-refractivity contribution in [3.8, 4) is 0 Å². The molecule has 0 aliphatic carbocycles. The van der Waals surface area contributed by atoms with Crippen LogP contribution in [0.3, 0.4) is 0 Å². The summed E-state index contributed by atoms with van der Waals surface area (Å²) < 4.78 is 2.13. The van der Waals surface area contributed by atoms with Crippen molar-refractivity contribution in [3.05, 3.63) is 71.8 Å². The Bertz CT molecular complexity index is 929. The highest BCUT2D eigenvalue weighted by Crippen LogP contribution is 2.26. The SMILES string of the molecule is Clc1ccc2[nH]c3c[n+](Cc4ccccn4)ccc3c2c1. The highest BCUT2D eigenvalue weighted by Gasteiger charge is 2.10. The van der Waals surface area contributed by atoms with Gasteiger partial charge in [-0.15, -0.1) is 0 Å². The number of fused-ring (bicyclic) bond motifs is 3. The van der Waals surface area contributed by atoms with Gasteiger partial charge in [-0.3, -0.25) is 4.98 Å². The van der Waals surface area contributed by atoms with Gasteiger partial charge in [0, 0.05) is 33.6 Å². The summed E-state index contributed by atoms with van der Waals surface area (Å²) in [7, 11) is 0. The van der Waals surface area contributed by atoms with Crippen LogP contribution < -0.4 is 4.57 Å². The topological polar surface area (TPSA) is 32.6 Å². The summed E-state index contributed by atoms with van der Waals surface area (Å²) in [4.78, 5) is 7.79. The molecule has 3 aromatic heterocycles. The number of pyridine rings is 2. The molecule has 4 aromatic rings. The lowest BCUT2D eigenvalue weighted by molar-refractivity contribution is -0.687. The van der Waals surface area contributed by atoms with Crippen LogP contribution in [0.15, 0.2) is 61.1 Å². The number of nitrogens with zero attached hydrogens (tertiary/aromatic N) is 2. The van der Waals surface area contributed by atoms with Crippen LogP contribution in [-0.4, -0.2) is 9.97 Å². The van der Waals surface area contributed by atoms with Crippen LogP contribution in [0.25, 0.3) is 21.8 Å². The van der Waals surface area contributed by atoms with E-state index >= 15 is 0 Å². The molecule has 21 heavy (non-hydrogen) atoms. The Morgan fingerprint density at radius 2 is 2.00 bits per heavy atom. The summed E-state index contributed by atoms with van der Waals surface area (Å²) in [5.41, 5.74) is 3.25. The van der Waals surface area contributed by atoms with E-state index in [4.69, 9.17) is 11.6 Å². The average Bonchev–Trinajstić information content (AvgIpc) is 2.85. The van der Waals surface area contributed by atoms with Crippen molar-refractivity contribution in [1.29, 1.82) is 0 Å². The zero-order chi connectivity index (χ0) is 14.2.